The van der Waals surface area contributed by atoms with Crippen LogP contribution in [0.25, 0.3) is 0 Å². The number of hydrogen-bond donors (Lipinski definition) is 1. The fourth-order valence-corrected chi connectivity index (χ4v) is 3.91. The first-order chi connectivity index (χ1) is 16.3. The quantitative estimate of drug-likeness (QED) is 0.208. The molecule has 35 heavy (non-hydrogen) atoms. The van der Waals surface area contributed by atoms with Crippen molar-refractivity contribution in [2.24, 2.45) is 21.8 Å². The third kappa shape index (κ3) is 7.06. The van der Waals surface area contributed by atoms with Gasteiger partial charge in [-0.25, -0.2) is 24.2 Å². The highest BCUT2D eigenvalue weighted by Gasteiger charge is 2.32. The zero-order valence-corrected chi connectivity index (χ0v) is 21.8. The van der Waals surface area contributed by atoms with E-state index in [9.17, 15) is 14.4 Å². The molecule has 0 saturated heterocycles. The lowest BCUT2D eigenvalue weighted by Crippen LogP contribution is -2.49. The Morgan fingerprint density at radius 2 is 2.00 bits per heavy atom. The number of nitrogens with zero attached hydrogens (tertiary/aromatic N) is 4. The first-order valence-electron chi connectivity index (χ1n) is 11.5. The van der Waals surface area contributed by atoms with Crippen molar-refractivity contribution in [3.63, 3.8) is 0 Å². The Labute approximate surface area is 210 Å². The van der Waals surface area contributed by atoms with Gasteiger partial charge in [0.05, 0.1) is 17.4 Å². The van der Waals surface area contributed by atoms with E-state index in [1.807, 2.05) is 41.5 Å². The van der Waals surface area contributed by atoms with Crippen molar-refractivity contribution in [2.75, 3.05) is 18.4 Å². The van der Waals surface area contributed by atoms with Crippen LogP contribution in [0.5, 0.6) is 0 Å². The van der Waals surface area contributed by atoms with E-state index in [0.29, 0.717) is 25.1 Å². The molecule has 1 N–H and O–H groups in total. The van der Waals surface area contributed by atoms with Crippen LogP contribution in [-0.4, -0.2) is 65.3 Å². The Morgan fingerprint density at radius 3 is 2.54 bits per heavy atom. The summed E-state index contributed by atoms with van der Waals surface area (Å²) < 4.78 is 20.8. The fraction of sp³-hybridized carbons (Fsp3) is 0.583. The van der Waals surface area contributed by atoms with E-state index < -0.39 is 34.3 Å². The molecule has 0 radical (unpaired) electrons. The number of pyridine rings is 1. The highest BCUT2D eigenvalue weighted by atomic mass is 35.5. The third-order valence-electron chi connectivity index (χ3n) is 5.87. The summed E-state index contributed by atoms with van der Waals surface area (Å²) in [4.78, 5) is 49.3. The van der Waals surface area contributed by atoms with Crippen LogP contribution < -0.4 is 5.32 Å². The van der Waals surface area contributed by atoms with E-state index in [1.165, 1.54) is 0 Å². The smallest absolute Gasteiger partial charge is 0.410 e. The third-order valence-corrected chi connectivity index (χ3v) is 6.12. The van der Waals surface area contributed by atoms with E-state index in [2.05, 4.69) is 27.0 Å². The normalized spacial score (nSPS) is 21.4. The molecular formula is C24H33ClFN5O4. The second-order valence-electron chi connectivity index (χ2n) is 9.70. The predicted molar refractivity (Wildman–Crippen MR) is 134 cm³/mol. The van der Waals surface area contributed by atoms with Gasteiger partial charge in [-0.2, -0.15) is 0 Å². The molecule has 0 aromatic carbocycles. The number of ether oxygens (including phenoxy) is 1. The second kappa shape index (κ2) is 11.7. The molecule has 0 spiro atoms. The van der Waals surface area contributed by atoms with Gasteiger partial charge in [0.2, 0.25) is 5.84 Å². The topological polar surface area (TPSA) is 113 Å². The summed E-state index contributed by atoms with van der Waals surface area (Å²) >= 11 is 6.07. The van der Waals surface area contributed by atoms with Gasteiger partial charge in [0.1, 0.15) is 11.3 Å². The lowest BCUT2D eigenvalue weighted by molar-refractivity contribution is -0.125. The summed E-state index contributed by atoms with van der Waals surface area (Å²) in [6.45, 7) is 15.3. The fourth-order valence-electron chi connectivity index (χ4n) is 3.72. The van der Waals surface area contributed by atoms with E-state index >= 15 is 4.39 Å². The number of anilines is 1. The number of fused-ring (bicyclic) bond motifs is 1. The number of halogens is 2. The van der Waals surface area contributed by atoms with Gasteiger partial charge in [0, 0.05) is 13.1 Å². The first kappa shape index (κ1) is 28.4. The molecule has 1 aromatic rings. The van der Waals surface area contributed by atoms with Gasteiger partial charge in [-0.1, -0.05) is 32.4 Å². The molecule has 1 aliphatic rings. The molecule has 11 heteroatoms. The number of Topliss-reactive ketones (excluding diaryl/α,β-unsaturated/α-hetero) is 1. The van der Waals surface area contributed by atoms with Crippen molar-refractivity contribution < 1.29 is 23.5 Å². The highest BCUT2D eigenvalue weighted by Crippen LogP contribution is 2.37. The Kier molecular flexibility index (Phi) is 9.48. The summed E-state index contributed by atoms with van der Waals surface area (Å²) in [5, 5.41) is 2.75. The van der Waals surface area contributed by atoms with Crippen LogP contribution in [0.15, 0.2) is 9.98 Å². The van der Waals surface area contributed by atoms with Crippen LogP contribution in [-0.2, 0) is 20.7 Å². The number of aliphatic imine (C=N–C) groups is 2. The van der Waals surface area contributed by atoms with Crippen molar-refractivity contribution >= 4 is 53.7 Å². The van der Waals surface area contributed by atoms with Gasteiger partial charge in [-0.05, 0) is 52.2 Å². The van der Waals surface area contributed by atoms with Gasteiger partial charge in [-0.15, -0.1) is 0 Å². The summed E-state index contributed by atoms with van der Waals surface area (Å²) in [7, 11) is 0. The molecule has 0 saturated carbocycles. The Morgan fingerprint density at radius 1 is 1.34 bits per heavy atom. The molecule has 0 aliphatic carbocycles. The summed E-state index contributed by atoms with van der Waals surface area (Å²) in [5.74, 6) is -2.53. The van der Waals surface area contributed by atoms with E-state index in [4.69, 9.17) is 16.3 Å². The highest BCUT2D eigenvalue weighted by molar-refractivity contribution is 6.59. The number of amides is 1. The van der Waals surface area contributed by atoms with Crippen molar-refractivity contribution in [3.8, 4) is 0 Å². The lowest BCUT2D eigenvalue weighted by atomic mass is 9.89. The molecule has 1 aromatic heterocycles. The minimum absolute atomic E-state index is 0.00978. The average Bonchev–Trinajstić information content (AvgIpc) is 2.78. The van der Waals surface area contributed by atoms with Crippen molar-refractivity contribution in [2.45, 2.75) is 66.0 Å². The summed E-state index contributed by atoms with van der Waals surface area (Å²) in [6, 6.07) is -0.297. The lowest BCUT2D eigenvalue weighted by Gasteiger charge is -2.37. The van der Waals surface area contributed by atoms with Crippen LogP contribution in [0.3, 0.4) is 0 Å². The van der Waals surface area contributed by atoms with Gasteiger partial charge < -0.3 is 15.0 Å². The average molecular weight is 510 g/mol. The van der Waals surface area contributed by atoms with Crippen LogP contribution in [0.1, 0.15) is 53.7 Å². The molecule has 0 bridgehead atoms. The molecule has 2 heterocycles. The number of carbonyl (C=O) groups is 3. The van der Waals surface area contributed by atoms with Crippen LogP contribution in [0, 0.1) is 17.7 Å². The largest absolute Gasteiger partial charge is 0.444 e. The number of aldehydes is 1. The number of nitrogens with one attached hydrogen (secondary N) is 1. The summed E-state index contributed by atoms with van der Waals surface area (Å²) in [6.07, 6.45) is 0.576. The molecule has 9 nitrogen and oxygen atoms in total. The maximum atomic E-state index is 15.1. The maximum absolute atomic E-state index is 15.1. The minimum atomic E-state index is -1.05. The van der Waals surface area contributed by atoms with Gasteiger partial charge in [0.15, 0.2) is 17.3 Å². The van der Waals surface area contributed by atoms with Crippen LogP contribution in [0.2, 0.25) is 5.15 Å². The van der Waals surface area contributed by atoms with Gasteiger partial charge in [0.25, 0.3) is 5.78 Å². The SMILES string of the molecule is C=N/C(=N\c1c(F)c(Cl)nc2c1NCC(CC)N(C(=O)OC(C)(C)C)CC(C)[C@H](C)C2)C(=O)C=O. The molecular weight excluding hydrogens is 477 g/mol. The monoisotopic (exact) mass is 509 g/mol. The van der Waals surface area contributed by atoms with Crippen molar-refractivity contribution in [3.05, 3.63) is 16.7 Å². The minimum Gasteiger partial charge on any atom is -0.444 e. The zero-order valence-electron chi connectivity index (χ0n) is 21.0. The molecule has 2 rings (SSSR count). The number of rotatable bonds is 4. The van der Waals surface area contributed by atoms with E-state index in [-0.39, 0.29) is 42.1 Å². The standard InChI is InChI=1S/C24H33ClFN5O4/c1-8-15-10-28-19-16(9-13(2)14(3)11-31(15)23(34)35-24(4,5)6)29-21(25)18(26)20(19)30-22(27-7)17(33)12-32/h12-15,28H,7-11H2,1-6H3/b30-22-/t13-,14?,15?/m1/s1. The molecule has 1 amide bonds. The molecule has 1 aliphatic heterocycles. The number of hydrogen-bond acceptors (Lipinski definition) is 7. The number of aromatic nitrogens is 1. The molecule has 192 valence electrons. The Balaban J connectivity index is 2.64. The zero-order chi connectivity index (χ0) is 26.5. The number of amidine groups is 1. The van der Waals surface area contributed by atoms with Crippen LogP contribution in [0.4, 0.5) is 20.6 Å². The maximum Gasteiger partial charge on any atom is 0.410 e. The van der Waals surface area contributed by atoms with E-state index in [0.717, 1.165) is 0 Å². The van der Waals surface area contributed by atoms with E-state index in [1.54, 1.807) is 4.90 Å². The Bertz CT molecular complexity index is 1020. The second-order valence-corrected chi connectivity index (χ2v) is 10.1. The number of ketones is 1. The number of carbonyl (C=O) groups excluding carboxylic acids is 3. The van der Waals surface area contributed by atoms with Gasteiger partial charge >= 0.3 is 6.09 Å². The molecule has 3 atom stereocenters. The van der Waals surface area contributed by atoms with Crippen molar-refractivity contribution in [1.29, 1.82) is 0 Å². The van der Waals surface area contributed by atoms with Crippen molar-refractivity contribution in [1.82, 2.24) is 9.88 Å². The van der Waals surface area contributed by atoms with Crippen LogP contribution >= 0.6 is 11.6 Å². The predicted octanol–water partition coefficient (Wildman–Crippen LogP) is 4.63. The summed E-state index contributed by atoms with van der Waals surface area (Å²) in [5.41, 5.74) is -0.284. The molecule has 2 unspecified atom stereocenters. The first-order valence-corrected chi connectivity index (χ1v) is 11.9. The van der Waals surface area contributed by atoms with Gasteiger partial charge in [-0.3, -0.25) is 9.59 Å². The Hall–Kier alpha value is -2.88. The molecule has 0 fully saturated rings.